The van der Waals surface area contributed by atoms with Gasteiger partial charge in [0.05, 0.1) is 30.5 Å². The van der Waals surface area contributed by atoms with Gasteiger partial charge in [0.2, 0.25) is 5.91 Å². The number of carbonyl (C=O) groups excluding carboxylic acids is 1. The number of amides is 1. The molecular weight excluding hydrogens is 473 g/mol. The predicted octanol–water partition coefficient (Wildman–Crippen LogP) is 4.23. The number of aromatic nitrogens is 1. The summed E-state index contributed by atoms with van der Waals surface area (Å²) in [6.45, 7) is -0.565. The highest BCUT2D eigenvalue weighted by Crippen LogP contribution is 2.31. The maximum atomic E-state index is 13.8. The minimum Gasteiger partial charge on any atom is -0.497 e. The van der Waals surface area contributed by atoms with Gasteiger partial charge in [-0.2, -0.15) is 0 Å². The van der Waals surface area contributed by atoms with Gasteiger partial charge in [-0.05, 0) is 48.5 Å². The van der Waals surface area contributed by atoms with E-state index in [9.17, 15) is 17.6 Å². The van der Waals surface area contributed by atoms with Crippen LogP contribution >= 0.6 is 0 Å². The van der Waals surface area contributed by atoms with E-state index in [1.54, 1.807) is 42.6 Å². The van der Waals surface area contributed by atoms with Gasteiger partial charge in [-0.15, -0.1) is 0 Å². The Kier molecular flexibility index (Phi) is 6.83. The number of ether oxygens (including phenoxy) is 2. The van der Waals surface area contributed by atoms with E-state index in [4.69, 9.17) is 9.47 Å². The Bertz CT molecular complexity index is 1470. The van der Waals surface area contributed by atoms with Crippen molar-refractivity contribution in [3.8, 4) is 11.5 Å². The van der Waals surface area contributed by atoms with E-state index >= 15 is 0 Å². The smallest absolute Gasteiger partial charge is 0.265 e. The Morgan fingerprint density at radius 2 is 1.80 bits per heavy atom. The van der Waals surface area contributed by atoms with Crippen LogP contribution in [0.1, 0.15) is 0 Å². The standard InChI is InChI=1S/C25H22FN3O5S/c1-33-20-10-11-22(23(14-20)34-2)28-25(30)16-29(19-8-6-18(26)7-9-19)35(31,32)24-5-3-4-17-15-27-13-12-21(17)24/h3-15H,16H2,1-2H3,(H,28,30). The van der Waals surface area contributed by atoms with Gasteiger partial charge in [0, 0.05) is 29.2 Å². The van der Waals surface area contributed by atoms with Crippen LogP contribution in [0, 0.1) is 5.82 Å². The number of carbonyl (C=O) groups is 1. The quantitative estimate of drug-likeness (QED) is 0.393. The lowest BCUT2D eigenvalue weighted by Gasteiger charge is -2.25. The van der Waals surface area contributed by atoms with E-state index < -0.39 is 28.3 Å². The van der Waals surface area contributed by atoms with Crippen LogP contribution in [0.15, 0.2) is 84.0 Å². The number of sulfonamides is 1. The molecule has 0 aliphatic carbocycles. The van der Waals surface area contributed by atoms with Crippen molar-refractivity contribution in [3.05, 3.63) is 84.9 Å². The maximum absolute atomic E-state index is 13.8. The van der Waals surface area contributed by atoms with Crippen LogP contribution in [-0.4, -0.2) is 40.1 Å². The number of nitrogens with one attached hydrogen (secondary N) is 1. The van der Waals surface area contributed by atoms with Gasteiger partial charge in [-0.1, -0.05) is 12.1 Å². The molecule has 4 aromatic rings. The molecule has 0 atom stereocenters. The van der Waals surface area contributed by atoms with Crippen molar-refractivity contribution in [1.29, 1.82) is 0 Å². The van der Waals surface area contributed by atoms with Gasteiger partial charge in [-0.25, -0.2) is 12.8 Å². The van der Waals surface area contributed by atoms with Gasteiger partial charge >= 0.3 is 0 Å². The minimum absolute atomic E-state index is 0.00319. The van der Waals surface area contributed by atoms with E-state index in [1.807, 2.05) is 0 Å². The molecule has 1 N–H and O–H groups in total. The molecule has 10 heteroatoms. The average molecular weight is 496 g/mol. The number of benzene rings is 3. The molecule has 0 radical (unpaired) electrons. The Labute approximate surface area is 202 Å². The highest BCUT2D eigenvalue weighted by atomic mass is 32.2. The predicted molar refractivity (Wildman–Crippen MR) is 131 cm³/mol. The van der Waals surface area contributed by atoms with Crippen molar-refractivity contribution in [2.75, 3.05) is 30.4 Å². The summed E-state index contributed by atoms with van der Waals surface area (Å²) in [5, 5.41) is 3.75. The summed E-state index contributed by atoms with van der Waals surface area (Å²) >= 11 is 0. The molecule has 0 aliphatic heterocycles. The van der Waals surface area contributed by atoms with Gasteiger partial charge in [-0.3, -0.25) is 14.1 Å². The van der Waals surface area contributed by atoms with Gasteiger partial charge in [0.15, 0.2) is 0 Å². The first kappa shape index (κ1) is 24.0. The molecule has 1 heterocycles. The van der Waals surface area contributed by atoms with Crippen LogP contribution in [0.25, 0.3) is 10.8 Å². The second-order valence-corrected chi connectivity index (χ2v) is 9.29. The SMILES string of the molecule is COc1ccc(NC(=O)CN(c2ccc(F)cc2)S(=O)(=O)c2cccc3cnccc23)c(OC)c1. The normalized spacial score (nSPS) is 11.2. The first-order valence-electron chi connectivity index (χ1n) is 10.5. The van der Waals surface area contributed by atoms with E-state index in [2.05, 4.69) is 10.3 Å². The Balaban J connectivity index is 1.73. The largest absolute Gasteiger partial charge is 0.497 e. The molecule has 1 amide bonds. The van der Waals surface area contributed by atoms with Crippen molar-refractivity contribution >= 4 is 38.1 Å². The second-order valence-electron chi connectivity index (χ2n) is 7.46. The number of hydrogen-bond acceptors (Lipinski definition) is 6. The molecule has 4 rings (SSSR count). The number of rotatable bonds is 8. The maximum Gasteiger partial charge on any atom is 0.265 e. The van der Waals surface area contributed by atoms with Crippen LogP contribution in [0.4, 0.5) is 15.8 Å². The number of halogens is 1. The summed E-state index contributed by atoms with van der Waals surface area (Å²) in [7, 11) is -1.29. The van der Waals surface area contributed by atoms with E-state index in [1.165, 1.54) is 38.6 Å². The fraction of sp³-hybridized carbons (Fsp3) is 0.120. The van der Waals surface area contributed by atoms with Crippen LogP contribution in [0.5, 0.6) is 11.5 Å². The third kappa shape index (κ3) is 5.02. The fourth-order valence-electron chi connectivity index (χ4n) is 3.58. The van der Waals surface area contributed by atoms with Crippen LogP contribution in [0.3, 0.4) is 0 Å². The lowest BCUT2D eigenvalue weighted by Crippen LogP contribution is -2.38. The van der Waals surface area contributed by atoms with Gasteiger partial charge in [0.25, 0.3) is 10.0 Å². The zero-order valence-electron chi connectivity index (χ0n) is 18.9. The number of pyridine rings is 1. The number of methoxy groups -OCH3 is 2. The number of anilines is 2. The van der Waals surface area contributed by atoms with Crippen molar-refractivity contribution in [2.24, 2.45) is 0 Å². The molecule has 0 saturated heterocycles. The molecule has 35 heavy (non-hydrogen) atoms. The first-order chi connectivity index (χ1) is 16.8. The summed E-state index contributed by atoms with van der Waals surface area (Å²) in [4.78, 5) is 17.1. The van der Waals surface area contributed by atoms with E-state index in [-0.39, 0.29) is 10.6 Å². The first-order valence-corrected chi connectivity index (χ1v) is 11.9. The zero-order chi connectivity index (χ0) is 25.0. The Hall–Kier alpha value is -4.18. The van der Waals surface area contributed by atoms with Crippen molar-refractivity contribution < 1.29 is 27.1 Å². The van der Waals surface area contributed by atoms with Crippen molar-refractivity contribution in [1.82, 2.24) is 4.98 Å². The molecule has 0 saturated carbocycles. The molecule has 1 aromatic heterocycles. The Morgan fingerprint density at radius 1 is 1.03 bits per heavy atom. The fourth-order valence-corrected chi connectivity index (χ4v) is 5.22. The highest BCUT2D eigenvalue weighted by molar-refractivity contribution is 7.93. The number of fused-ring (bicyclic) bond motifs is 1. The van der Waals surface area contributed by atoms with E-state index in [0.29, 0.717) is 28.0 Å². The summed E-state index contributed by atoms with van der Waals surface area (Å²) in [6, 6.07) is 16.1. The molecule has 0 spiro atoms. The summed E-state index contributed by atoms with van der Waals surface area (Å²) < 4.78 is 52.6. The third-order valence-electron chi connectivity index (χ3n) is 5.29. The summed E-state index contributed by atoms with van der Waals surface area (Å²) in [6.07, 6.45) is 3.05. The number of hydrogen-bond donors (Lipinski definition) is 1. The lowest BCUT2D eigenvalue weighted by atomic mass is 10.2. The highest BCUT2D eigenvalue weighted by Gasteiger charge is 2.29. The van der Waals surface area contributed by atoms with Crippen LogP contribution < -0.4 is 19.1 Å². The summed E-state index contributed by atoms with van der Waals surface area (Å²) in [5.74, 6) is -0.283. The minimum atomic E-state index is -4.24. The zero-order valence-corrected chi connectivity index (χ0v) is 19.8. The van der Waals surface area contributed by atoms with E-state index in [0.717, 1.165) is 16.4 Å². The number of nitrogens with zero attached hydrogens (tertiary/aromatic N) is 2. The van der Waals surface area contributed by atoms with Gasteiger partial charge < -0.3 is 14.8 Å². The van der Waals surface area contributed by atoms with Crippen LogP contribution in [0.2, 0.25) is 0 Å². The lowest BCUT2D eigenvalue weighted by molar-refractivity contribution is -0.114. The third-order valence-corrected chi connectivity index (χ3v) is 7.13. The Morgan fingerprint density at radius 3 is 2.51 bits per heavy atom. The van der Waals surface area contributed by atoms with Gasteiger partial charge in [0.1, 0.15) is 23.9 Å². The summed E-state index contributed by atoms with van der Waals surface area (Å²) in [5.41, 5.74) is 0.472. The monoisotopic (exact) mass is 495 g/mol. The van der Waals surface area contributed by atoms with Crippen LogP contribution in [-0.2, 0) is 14.8 Å². The van der Waals surface area contributed by atoms with Crippen molar-refractivity contribution in [2.45, 2.75) is 4.90 Å². The molecule has 180 valence electrons. The molecular formula is C25H22FN3O5S. The molecule has 0 unspecified atom stereocenters. The topological polar surface area (TPSA) is 97.8 Å². The molecule has 0 bridgehead atoms. The molecule has 3 aromatic carbocycles. The molecule has 0 aliphatic rings. The van der Waals surface area contributed by atoms with Crippen molar-refractivity contribution in [3.63, 3.8) is 0 Å². The average Bonchev–Trinajstić information content (AvgIpc) is 2.87. The molecule has 0 fully saturated rings. The second kappa shape index (κ2) is 9.98. The molecule has 8 nitrogen and oxygen atoms in total.